The maximum Gasteiger partial charge on any atom is 0.259 e. The number of nitrogen functional groups attached to an aromatic ring is 1. The molecule has 2 rings (SSSR count). The summed E-state index contributed by atoms with van der Waals surface area (Å²) in [5.41, 5.74) is 6.59. The summed E-state index contributed by atoms with van der Waals surface area (Å²) >= 11 is 0. The first-order valence-corrected chi connectivity index (χ1v) is 6.95. The molecule has 0 bridgehead atoms. The molecule has 0 aliphatic rings. The molecule has 0 radical (unpaired) electrons. The summed E-state index contributed by atoms with van der Waals surface area (Å²) in [7, 11) is 3.94. The highest BCUT2D eigenvalue weighted by Crippen LogP contribution is 2.19. The summed E-state index contributed by atoms with van der Waals surface area (Å²) < 4.78 is 5.69. The van der Waals surface area contributed by atoms with E-state index in [0.717, 1.165) is 6.54 Å². The van der Waals surface area contributed by atoms with Gasteiger partial charge in [-0.25, -0.2) is 4.98 Å². The molecule has 0 atom stereocenters. The number of nitrogens with two attached hydrogens (primary N) is 1. The molecule has 0 aliphatic carbocycles. The number of carbonyl (C=O) groups is 1. The molecule has 1 aromatic carbocycles. The standard InChI is InChI=1S/C16H20N4O2/c1-20(2)9-10-22-14-6-4-3-5-13(14)16(21)19-12-7-8-15(17)18-11-12/h3-8,11H,9-10H2,1-2H3,(H2,17,18)(H,19,21). The number of carbonyl (C=O) groups excluding carboxylic acids is 1. The molecule has 0 fully saturated rings. The van der Waals surface area contributed by atoms with E-state index in [2.05, 4.69) is 10.3 Å². The summed E-state index contributed by atoms with van der Waals surface area (Å²) in [6, 6.07) is 10.5. The van der Waals surface area contributed by atoms with Gasteiger partial charge in [0.25, 0.3) is 5.91 Å². The Kier molecular flexibility index (Phi) is 5.32. The van der Waals surface area contributed by atoms with Gasteiger partial charge in [-0.05, 0) is 38.4 Å². The third-order valence-electron chi connectivity index (χ3n) is 2.97. The Morgan fingerprint density at radius 2 is 2.05 bits per heavy atom. The Bertz CT molecular complexity index is 626. The maximum absolute atomic E-state index is 12.4. The van der Waals surface area contributed by atoms with Crippen LogP contribution in [0.25, 0.3) is 0 Å². The van der Waals surface area contributed by atoms with Crippen molar-refractivity contribution in [3.05, 3.63) is 48.2 Å². The number of nitrogens with one attached hydrogen (secondary N) is 1. The highest BCUT2D eigenvalue weighted by atomic mass is 16.5. The van der Waals surface area contributed by atoms with E-state index in [1.54, 1.807) is 30.3 Å². The maximum atomic E-state index is 12.4. The smallest absolute Gasteiger partial charge is 0.259 e. The van der Waals surface area contributed by atoms with Crippen LogP contribution in [-0.2, 0) is 0 Å². The first-order chi connectivity index (χ1) is 10.6. The van der Waals surface area contributed by atoms with Crippen molar-refractivity contribution in [1.82, 2.24) is 9.88 Å². The summed E-state index contributed by atoms with van der Waals surface area (Å²) in [6.07, 6.45) is 1.52. The number of hydrogen-bond donors (Lipinski definition) is 2. The van der Waals surface area contributed by atoms with Gasteiger partial charge in [0.15, 0.2) is 0 Å². The van der Waals surface area contributed by atoms with E-state index in [-0.39, 0.29) is 5.91 Å². The fraction of sp³-hybridized carbons (Fsp3) is 0.250. The molecular weight excluding hydrogens is 280 g/mol. The molecule has 0 spiro atoms. The normalized spacial score (nSPS) is 10.5. The largest absolute Gasteiger partial charge is 0.491 e. The summed E-state index contributed by atoms with van der Waals surface area (Å²) in [4.78, 5) is 18.3. The molecule has 22 heavy (non-hydrogen) atoms. The fourth-order valence-corrected chi connectivity index (χ4v) is 1.80. The van der Waals surface area contributed by atoms with Gasteiger partial charge in [0.05, 0.1) is 17.4 Å². The Morgan fingerprint density at radius 1 is 1.27 bits per heavy atom. The Labute approximate surface area is 129 Å². The van der Waals surface area contributed by atoms with E-state index in [1.807, 2.05) is 25.1 Å². The van der Waals surface area contributed by atoms with Crippen LogP contribution in [0.2, 0.25) is 0 Å². The number of anilines is 2. The van der Waals surface area contributed by atoms with Crippen molar-refractivity contribution in [3.8, 4) is 5.75 Å². The number of amides is 1. The second-order valence-electron chi connectivity index (χ2n) is 5.07. The van der Waals surface area contributed by atoms with Crippen molar-refractivity contribution in [1.29, 1.82) is 0 Å². The van der Waals surface area contributed by atoms with E-state index in [0.29, 0.717) is 29.4 Å². The van der Waals surface area contributed by atoms with Crippen LogP contribution in [0, 0.1) is 0 Å². The molecule has 0 saturated carbocycles. The lowest BCUT2D eigenvalue weighted by atomic mass is 10.2. The highest BCUT2D eigenvalue weighted by Gasteiger charge is 2.12. The molecule has 1 heterocycles. The Hall–Kier alpha value is -2.60. The quantitative estimate of drug-likeness (QED) is 0.851. The highest BCUT2D eigenvalue weighted by molar-refractivity contribution is 6.06. The van der Waals surface area contributed by atoms with Crippen molar-refractivity contribution in [2.24, 2.45) is 0 Å². The van der Waals surface area contributed by atoms with Crippen LogP contribution < -0.4 is 15.8 Å². The first-order valence-electron chi connectivity index (χ1n) is 6.95. The molecule has 0 unspecified atom stereocenters. The zero-order valence-electron chi connectivity index (χ0n) is 12.7. The van der Waals surface area contributed by atoms with Gasteiger partial charge in [-0.15, -0.1) is 0 Å². The molecule has 3 N–H and O–H groups in total. The monoisotopic (exact) mass is 300 g/mol. The van der Waals surface area contributed by atoms with Crippen LogP contribution in [0.4, 0.5) is 11.5 Å². The minimum atomic E-state index is -0.243. The van der Waals surface area contributed by atoms with Crippen molar-refractivity contribution in [2.45, 2.75) is 0 Å². The summed E-state index contributed by atoms with van der Waals surface area (Å²) in [6.45, 7) is 1.29. The summed E-state index contributed by atoms with van der Waals surface area (Å²) in [5.74, 6) is 0.725. The number of aromatic nitrogens is 1. The number of benzene rings is 1. The lowest BCUT2D eigenvalue weighted by Gasteiger charge is -2.14. The number of rotatable bonds is 6. The zero-order valence-corrected chi connectivity index (χ0v) is 12.7. The van der Waals surface area contributed by atoms with Crippen molar-refractivity contribution in [3.63, 3.8) is 0 Å². The predicted octanol–water partition coefficient (Wildman–Crippen LogP) is 1.86. The van der Waals surface area contributed by atoms with Crippen LogP contribution in [0.15, 0.2) is 42.6 Å². The molecule has 0 aliphatic heterocycles. The predicted molar refractivity (Wildman–Crippen MR) is 87.1 cm³/mol. The van der Waals surface area contributed by atoms with Gasteiger partial charge in [-0.2, -0.15) is 0 Å². The molecular formula is C16H20N4O2. The Morgan fingerprint density at radius 3 is 2.73 bits per heavy atom. The zero-order chi connectivity index (χ0) is 15.9. The lowest BCUT2D eigenvalue weighted by Crippen LogP contribution is -2.20. The van der Waals surface area contributed by atoms with Crippen LogP contribution in [0.1, 0.15) is 10.4 Å². The molecule has 6 heteroatoms. The topological polar surface area (TPSA) is 80.5 Å². The Balaban J connectivity index is 2.07. The number of likely N-dealkylation sites (N-methyl/N-ethyl adjacent to an activating group) is 1. The van der Waals surface area contributed by atoms with E-state index >= 15 is 0 Å². The minimum absolute atomic E-state index is 0.243. The van der Waals surface area contributed by atoms with Gasteiger partial charge < -0.3 is 20.7 Å². The van der Waals surface area contributed by atoms with Crippen LogP contribution in [0.3, 0.4) is 0 Å². The molecule has 2 aromatic rings. The summed E-state index contributed by atoms with van der Waals surface area (Å²) in [5, 5.41) is 2.78. The number of nitrogens with zero attached hydrogens (tertiary/aromatic N) is 2. The third-order valence-corrected chi connectivity index (χ3v) is 2.97. The number of pyridine rings is 1. The average Bonchev–Trinajstić information content (AvgIpc) is 2.49. The lowest BCUT2D eigenvalue weighted by molar-refractivity contribution is 0.102. The van der Waals surface area contributed by atoms with Gasteiger partial charge in [0.1, 0.15) is 18.2 Å². The first kappa shape index (κ1) is 15.8. The minimum Gasteiger partial charge on any atom is -0.491 e. The molecule has 116 valence electrons. The van der Waals surface area contributed by atoms with Gasteiger partial charge in [0, 0.05) is 6.54 Å². The second kappa shape index (κ2) is 7.42. The molecule has 1 amide bonds. The fourth-order valence-electron chi connectivity index (χ4n) is 1.80. The molecule has 1 aromatic heterocycles. The van der Waals surface area contributed by atoms with Gasteiger partial charge >= 0.3 is 0 Å². The van der Waals surface area contributed by atoms with Crippen LogP contribution >= 0.6 is 0 Å². The van der Waals surface area contributed by atoms with Gasteiger partial charge in [-0.1, -0.05) is 12.1 Å². The molecule has 0 saturated heterocycles. The van der Waals surface area contributed by atoms with E-state index in [4.69, 9.17) is 10.5 Å². The van der Waals surface area contributed by atoms with E-state index < -0.39 is 0 Å². The molecule has 6 nitrogen and oxygen atoms in total. The number of ether oxygens (including phenoxy) is 1. The van der Waals surface area contributed by atoms with Gasteiger partial charge in [0.2, 0.25) is 0 Å². The third kappa shape index (κ3) is 4.46. The SMILES string of the molecule is CN(C)CCOc1ccccc1C(=O)Nc1ccc(N)nc1. The van der Waals surface area contributed by atoms with Crippen molar-refractivity contribution >= 4 is 17.4 Å². The number of para-hydroxylation sites is 1. The average molecular weight is 300 g/mol. The van der Waals surface area contributed by atoms with Gasteiger partial charge in [-0.3, -0.25) is 4.79 Å². The second-order valence-corrected chi connectivity index (χ2v) is 5.07. The van der Waals surface area contributed by atoms with Crippen LogP contribution in [-0.4, -0.2) is 43.0 Å². The van der Waals surface area contributed by atoms with Crippen LogP contribution in [0.5, 0.6) is 5.75 Å². The number of hydrogen-bond acceptors (Lipinski definition) is 5. The van der Waals surface area contributed by atoms with Crippen molar-refractivity contribution < 1.29 is 9.53 Å². The van der Waals surface area contributed by atoms with Crippen molar-refractivity contribution in [2.75, 3.05) is 38.3 Å². The van der Waals surface area contributed by atoms with E-state index in [9.17, 15) is 4.79 Å². The van der Waals surface area contributed by atoms with E-state index in [1.165, 1.54) is 6.20 Å².